The molecule has 0 bridgehead atoms. The lowest BCUT2D eigenvalue weighted by Gasteiger charge is -2.38. The number of nitrogens with one attached hydrogen (secondary N) is 1. The van der Waals surface area contributed by atoms with Gasteiger partial charge in [-0.2, -0.15) is 0 Å². The standard InChI is InChI=1S/C13H15N3O3/c17-12(18)9-4-10(5-9)16-7-11(15-13(16)19)8-2-1-3-14-6-8/h1-3,6,9-11H,4-5,7H2,(H,15,19)(H,17,18). The minimum atomic E-state index is -0.764. The molecule has 1 atom stereocenters. The summed E-state index contributed by atoms with van der Waals surface area (Å²) in [4.78, 5) is 28.5. The van der Waals surface area contributed by atoms with E-state index < -0.39 is 5.97 Å². The molecule has 1 aliphatic heterocycles. The van der Waals surface area contributed by atoms with Crippen molar-refractivity contribution < 1.29 is 14.7 Å². The molecule has 1 saturated carbocycles. The van der Waals surface area contributed by atoms with Crippen LogP contribution in [0.1, 0.15) is 24.4 Å². The number of carbonyl (C=O) groups is 2. The number of hydrogen-bond donors (Lipinski definition) is 2. The van der Waals surface area contributed by atoms with Crippen molar-refractivity contribution in [1.29, 1.82) is 0 Å². The topological polar surface area (TPSA) is 82.5 Å². The van der Waals surface area contributed by atoms with Crippen molar-refractivity contribution in [2.45, 2.75) is 24.9 Å². The first-order chi connectivity index (χ1) is 9.15. The predicted octanol–water partition coefficient (Wildman–Crippen LogP) is 1.01. The molecule has 6 nitrogen and oxygen atoms in total. The van der Waals surface area contributed by atoms with Crippen LogP contribution in [-0.4, -0.2) is 39.6 Å². The molecule has 2 aliphatic rings. The number of carboxylic acids is 1. The molecule has 2 heterocycles. The highest BCUT2D eigenvalue weighted by Gasteiger charge is 2.43. The molecule has 2 N–H and O–H groups in total. The summed E-state index contributed by atoms with van der Waals surface area (Å²) in [7, 11) is 0. The second kappa shape index (κ2) is 4.53. The van der Waals surface area contributed by atoms with Crippen molar-refractivity contribution in [3.05, 3.63) is 30.1 Å². The molecule has 6 heteroatoms. The lowest BCUT2D eigenvalue weighted by atomic mass is 9.79. The summed E-state index contributed by atoms with van der Waals surface area (Å²) < 4.78 is 0. The van der Waals surface area contributed by atoms with E-state index in [1.165, 1.54) is 0 Å². The normalized spacial score (nSPS) is 29.8. The smallest absolute Gasteiger partial charge is 0.318 e. The van der Waals surface area contributed by atoms with Gasteiger partial charge in [0.1, 0.15) is 0 Å². The molecule has 19 heavy (non-hydrogen) atoms. The zero-order chi connectivity index (χ0) is 13.4. The van der Waals surface area contributed by atoms with Gasteiger partial charge in [-0.05, 0) is 24.5 Å². The zero-order valence-electron chi connectivity index (χ0n) is 10.3. The fourth-order valence-electron chi connectivity index (χ4n) is 2.69. The Morgan fingerprint density at radius 2 is 2.26 bits per heavy atom. The van der Waals surface area contributed by atoms with Gasteiger partial charge in [0.15, 0.2) is 0 Å². The van der Waals surface area contributed by atoms with E-state index in [0.717, 1.165) is 5.56 Å². The molecule has 2 amide bonds. The van der Waals surface area contributed by atoms with E-state index in [0.29, 0.717) is 19.4 Å². The van der Waals surface area contributed by atoms with Crippen LogP contribution in [0.4, 0.5) is 4.79 Å². The number of carbonyl (C=O) groups excluding carboxylic acids is 1. The minimum Gasteiger partial charge on any atom is -0.481 e. The third-order valence-corrected chi connectivity index (χ3v) is 3.93. The number of nitrogens with zero attached hydrogens (tertiary/aromatic N) is 2. The van der Waals surface area contributed by atoms with E-state index >= 15 is 0 Å². The Bertz CT molecular complexity index is 499. The Hall–Kier alpha value is -2.11. The first kappa shape index (κ1) is 12.0. The van der Waals surface area contributed by atoms with Crippen molar-refractivity contribution in [3.63, 3.8) is 0 Å². The second-order valence-corrected chi connectivity index (χ2v) is 5.10. The van der Waals surface area contributed by atoms with Gasteiger partial charge in [0.25, 0.3) is 0 Å². The lowest BCUT2D eigenvalue weighted by Crippen LogP contribution is -2.48. The lowest BCUT2D eigenvalue weighted by molar-refractivity contribution is -0.146. The Morgan fingerprint density at radius 1 is 1.47 bits per heavy atom. The average Bonchev–Trinajstić information content (AvgIpc) is 2.71. The van der Waals surface area contributed by atoms with Gasteiger partial charge in [0.05, 0.1) is 12.0 Å². The molecule has 3 rings (SSSR count). The molecule has 100 valence electrons. The van der Waals surface area contributed by atoms with Crippen LogP contribution in [0.2, 0.25) is 0 Å². The van der Waals surface area contributed by atoms with Gasteiger partial charge >= 0.3 is 12.0 Å². The van der Waals surface area contributed by atoms with Gasteiger partial charge < -0.3 is 15.3 Å². The first-order valence-corrected chi connectivity index (χ1v) is 6.35. The van der Waals surface area contributed by atoms with E-state index in [2.05, 4.69) is 10.3 Å². The quantitative estimate of drug-likeness (QED) is 0.850. The molecule has 1 unspecified atom stereocenters. The number of aliphatic carboxylic acids is 1. The van der Waals surface area contributed by atoms with Crippen molar-refractivity contribution in [1.82, 2.24) is 15.2 Å². The Labute approximate surface area is 110 Å². The minimum absolute atomic E-state index is 0.0509. The van der Waals surface area contributed by atoms with E-state index in [1.54, 1.807) is 17.3 Å². The molecule has 1 saturated heterocycles. The van der Waals surface area contributed by atoms with Gasteiger partial charge in [0.2, 0.25) is 0 Å². The second-order valence-electron chi connectivity index (χ2n) is 5.10. The number of hydrogen-bond acceptors (Lipinski definition) is 3. The SMILES string of the molecule is O=C(O)C1CC(N2CC(c3cccnc3)NC2=O)C1. The summed E-state index contributed by atoms with van der Waals surface area (Å²) in [6.07, 6.45) is 4.56. The van der Waals surface area contributed by atoms with E-state index in [1.807, 2.05) is 12.1 Å². The van der Waals surface area contributed by atoms with Crippen molar-refractivity contribution in [2.75, 3.05) is 6.54 Å². The molecule has 0 aromatic carbocycles. The van der Waals surface area contributed by atoms with Crippen LogP contribution in [0.25, 0.3) is 0 Å². The number of amides is 2. The third kappa shape index (κ3) is 2.14. The maximum atomic E-state index is 11.9. The monoisotopic (exact) mass is 261 g/mol. The molecule has 0 spiro atoms. The third-order valence-electron chi connectivity index (χ3n) is 3.93. The Kier molecular flexibility index (Phi) is 2.85. The highest BCUT2D eigenvalue weighted by Crippen LogP contribution is 2.35. The van der Waals surface area contributed by atoms with Crippen LogP contribution in [0.15, 0.2) is 24.5 Å². The summed E-state index contributed by atoms with van der Waals surface area (Å²) >= 11 is 0. The number of rotatable bonds is 3. The van der Waals surface area contributed by atoms with Crippen LogP contribution in [0, 0.1) is 5.92 Å². The van der Waals surface area contributed by atoms with Crippen LogP contribution in [0.3, 0.4) is 0 Å². The summed E-state index contributed by atoms with van der Waals surface area (Å²) in [5.41, 5.74) is 0.979. The number of aromatic nitrogens is 1. The van der Waals surface area contributed by atoms with Crippen LogP contribution < -0.4 is 5.32 Å². The molecule has 1 aliphatic carbocycles. The highest BCUT2D eigenvalue weighted by molar-refractivity contribution is 5.78. The molecular formula is C13H15N3O3. The zero-order valence-corrected chi connectivity index (χ0v) is 10.3. The summed E-state index contributed by atoms with van der Waals surface area (Å²) in [5, 5.41) is 11.8. The van der Waals surface area contributed by atoms with E-state index in [4.69, 9.17) is 5.11 Å². The van der Waals surface area contributed by atoms with Gasteiger partial charge in [-0.15, -0.1) is 0 Å². The molecule has 2 fully saturated rings. The van der Waals surface area contributed by atoms with Crippen LogP contribution >= 0.6 is 0 Å². The Morgan fingerprint density at radius 3 is 2.89 bits per heavy atom. The van der Waals surface area contributed by atoms with E-state index in [9.17, 15) is 9.59 Å². The van der Waals surface area contributed by atoms with Gasteiger partial charge in [-0.3, -0.25) is 9.78 Å². The first-order valence-electron chi connectivity index (χ1n) is 6.35. The van der Waals surface area contributed by atoms with Crippen molar-refractivity contribution in [2.24, 2.45) is 5.92 Å². The molecule has 0 radical (unpaired) electrons. The largest absolute Gasteiger partial charge is 0.481 e. The molecular weight excluding hydrogens is 246 g/mol. The maximum Gasteiger partial charge on any atom is 0.318 e. The van der Waals surface area contributed by atoms with Gasteiger partial charge in [0, 0.05) is 25.0 Å². The Balaban J connectivity index is 1.64. The molecule has 1 aromatic rings. The maximum absolute atomic E-state index is 11.9. The van der Waals surface area contributed by atoms with Crippen molar-refractivity contribution >= 4 is 12.0 Å². The summed E-state index contributed by atoms with van der Waals surface area (Å²) in [5.74, 6) is -1.06. The fraction of sp³-hybridized carbons (Fsp3) is 0.462. The summed E-state index contributed by atoms with van der Waals surface area (Å²) in [6, 6.07) is 3.67. The van der Waals surface area contributed by atoms with Gasteiger partial charge in [-0.1, -0.05) is 6.07 Å². The number of urea groups is 1. The summed E-state index contributed by atoms with van der Waals surface area (Å²) in [6.45, 7) is 0.585. The van der Waals surface area contributed by atoms with Crippen molar-refractivity contribution in [3.8, 4) is 0 Å². The number of carboxylic acid groups (broad SMARTS) is 1. The van der Waals surface area contributed by atoms with E-state index in [-0.39, 0.29) is 24.0 Å². The molecule has 1 aromatic heterocycles. The number of pyridine rings is 1. The van der Waals surface area contributed by atoms with Crippen LogP contribution in [0.5, 0.6) is 0 Å². The average molecular weight is 261 g/mol. The highest BCUT2D eigenvalue weighted by atomic mass is 16.4. The van der Waals surface area contributed by atoms with Gasteiger partial charge in [-0.25, -0.2) is 4.79 Å². The van der Waals surface area contributed by atoms with Crippen LogP contribution in [-0.2, 0) is 4.79 Å². The predicted molar refractivity (Wildman–Crippen MR) is 66.4 cm³/mol. The fourth-order valence-corrected chi connectivity index (χ4v) is 2.69.